The highest BCUT2D eigenvalue weighted by Gasteiger charge is 2.44. The van der Waals surface area contributed by atoms with E-state index in [-0.39, 0.29) is 49.1 Å². The number of aliphatic carboxylic acids is 1. The summed E-state index contributed by atoms with van der Waals surface area (Å²) in [6.07, 6.45) is 3.68. The lowest BCUT2D eigenvalue weighted by Gasteiger charge is -2.34. The predicted octanol–water partition coefficient (Wildman–Crippen LogP) is 3.28. The number of amides is 3. The lowest BCUT2D eigenvalue weighted by Crippen LogP contribution is -2.57. The van der Waals surface area contributed by atoms with E-state index >= 15 is 0 Å². The lowest BCUT2D eigenvalue weighted by molar-refractivity contribution is -0.144. The largest absolute Gasteiger partial charge is 0.497 e. The molecular weight excluding hydrogens is 462 g/mol. The van der Waals surface area contributed by atoms with Crippen molar-refractivity contribution in [2.45, 2.75) is 77.9 Å². The quantitative estimate of drug-likeness (QED) is 0.565. The van der Waals surface area contributed by atoms with E-state index in [0.29, 0.717) is 11.3 Å². The Hall–Kier alpha value is -3.10. The van der Waals surface area contributed by atoms with Crippen LogP contribution in [-0.4, -0.2) is 71.0 Å². The van der Waals surface area contributed by atoms with Crippen LogP contribution in [0.1, 0.15) is 76.1 Å². The molecule has 2 unspecified atom stereocenters. The van der Waals surface area contributed by atoms with Crippen LogP contribution in [0.15, 0.2) is 24.3 Å². The number of rotatable bonds is 8. The van der Waals surface area contributed by atoms with Crippen LogP contribution >= 0.6 is 0 Å². The molecule has 1 aromatic carbocycles. The van der Waals surface area contributed by atoms with Crippen molar-refractivity contribution in [3.63, 3.8) is 0 Å². The number of carbonyl (C=O) groups excluding carboxylic acids is 3. The average Bonchev–Trinajstić information content (AvgIpc) is 3.28. The first-order valence-corrected chi connectivity index (χ1v) is 12.8. The fourth-order valence-electron chi connectivity index (χ4n) is 5.18. The van der Waals surface area contributed by atoms with Crippen LogP contribution < -0.4 is 10.1 Å². The standard InChI is InChI=1S/C27H39N3O6/c1-27(2,3)17-22(31)29-13-14-30(26(35)19-11-8-12-20(15-19)36-4)25(29)24(34)28-21(16-23(32)33)18-9-6-5-7-10-18/h8,11-12,15,18,21,25H,5-7,9-10,13-14,16-17H2,1-4H3,(H,28,34)(H,32,33). The average molecular weight is 502 g/mol. The van der Waals surface area contributed by atoms with Crippen LogP contribution in [0.2, 0.25) is 0 Å². The van der Waals surface area contributed by atoms with E-state index in [1.807, 2.05) is 20.8 Å². The fraction of sp³-hybridized carbons (Fsp3) is 0.630. The molecule has 9 nitrogen and oxygen atoms in total. The molecule has 0 aromatic heterocycles. The van der Waals surface area contributed by atoms with Gasteiger partial charge < -0.3 is 25.0 Å². The molecule has 1 aliphatic heterocycles. The lowest BCUT2D eigenvalue weighted by atomic mass is 9.82. The van der Waals surface area contributed by atoms with E-state index in [9.17, 15) is 24.3 Å². The number of benzene rings is 1. The van der Waals surface area contributed by atoms with E-state index in [2.05, 4.69) is 5.32 Å². The molecule has 3 amide bonds. The Morgan fingerprint density at radius 3 is 2.36 bits per heavy atom. The van der Waals surface area contributed by atoms with Crippen molar-refractivity contribution in [1.29, 1.82) is 0 Å². The first kappa shape index (κ1) is 27.5. The maximum absolute atomic E-state index is 13.7. The Labute approximate surface area is 213 Å². The molecular formula is C27H39N3O6. The van der Waals surface area contributed by atoms with E-state index in [4.69, 9.17) is 4.74 Å². The molecule has 0 bridgehead atoms. The van der Waals surface area contributed by atoms with Gasteiger partial charge in [-0.3, -0.25) is 19.2 Å². The molecule has 2 N–H and O–H groups in total. The molecule has 1 aromatic rings. The summed E-state index contributed by atoms with van der Waals surface area (Å²) < 4.78 is 5.24. The highest BCUT2D eigenvalue weighted by molar-refractivity contribution is 5.99. The van der Waals surface area contributed by atoms with Crippen molar-refractivity contribution in [1.82, 2.24) is 15.1 Å². The molecule has 1 aliphatic carbocycles. The molecule has 2 fully saturated rings. The molecule has 0 spiro atoms. The monoisotopic (exact) mass is 501 g/mol. The second kappa shape index (κ2) is 11.8. The summed E-state index contributed by atoms with van der Waals surface area (Å²) in [5.74, 6) is -1.52. The summed E-state index contributed by atoms with van der Waals surface area (Å²) in [5, 5.41) is 12.4. The molecule has 3 rings (SSSR count). The van der Waals surface area contributed by atoms with Crippen molar-refractivity contribution < 1.29 is 29.0 Å². The number of carboxylic acids is 1. The molecule has 1 heterocycles. The summed E-state index contributed by atoms with van der Waals surface area (Å²) in [4.78, 5) is 54.9. The van der Waals surface area contributed by atoms with Crippen LogP contribution in [0, 0.1) is 11.3 Å². The van der Waals surface area contributed by atoms with Gasteiger partial charge in [0.25, 0.3) is 11.8 Å². The smallest absolute Gasteiger partial charge is 0.305 e. The summed E-state index contributed by atoms with van der Waals surface area (Å²) in [5.41, 5.74) is 0.0580. The topological polar surface area (TPSA) is 116 Å². The van der Waals surface area contributed by atoms with Crippen LogP contribution in [-0.2, 0) is 14.4 Å². The Bertz CT molecular complexity index is 967. The molecule has 2 atom stereocenters. The van der Waals surface area contributed by atoms with Gasteiger partial charge in [-0.25, -0.2) is 0 Å². The summed E-state index contributed by atoms with van der Waals surface area (Å²) in [6.45, 7) is 6.27. The number of carbonyl (C=O) groups is 4. The number of nitrogens with one attached hydrogen (secondary N) is 1. The molecule has 2 aliphatic rings. The minimum Gasteiger partial charge on any atom is -0.497 e. The summed E-state index contributed by atoms with van der Waals surface area (Å²) in [6, 6.07) is 6.13. The number of hydrogen-bond donors (Lipinski definition) is 2. The van der Waals surface area contributed by atoms with Gasteiger partial charge in [0, 0.05) is 31.1 Å². The van der Waals surface area contributed by atoms with E-state index in [0.717, 1.165) is 32.1 Å². The Morgan fingerprint density at radius 2 is 1.75 bits per heavy atom. The zero-order chi connectivity index (χ0) is 26.5. The van der Waals surface area contributed by atoms with E-state index in [1.165, 1.54) is 16.9 Å². The van der Waals surface area contributed by atoms with Crippen molar-refractivity contribution in [3.05, 3.63) is 29.8 Å². The van der Waals surface area contributed by atoms with Crippen LogP contribution in [0.4, 0.5) is 0 Å². The third-order valence-electron chi connectivity index (χ3n) is 6.93. The zero-order valence-electron chi connectivity index (χ0n) is 21.8. The van der Waals surface area contributed by atoms with Crippen LogP contribution in [0.3, 0.4) is 0 Å². The first-order valence-electron chi connectivity index (χ1n) is 12.8. The third kappa shape index (κ3) is 6.98. The van der Waals surface area contributed by atoms with Gasteiger partial charge in [0.2, 0.25) is 5.91 Å². The van der Waals surface area contributed by atoms with E-state index < -0.39 is 24.1 Å². The van der Waals surface area contributed by atoms with Crippen molar-refractivity contribution >= 4 is 23.7 Å². The van der Waals surface area contributed by atoms with Gasteiger partial charge >= 0.3 is 5.97 Å². The van der Waals surface area contributed by atoms with Crippen molar-refractivity contribution in [2.24, 2.45) is 11.3 Å². The van der Waals surface area contributed by atoms with Gasteiger partial charge in [-0.05, 0) is 42.4 Å². The van der Waals surface area contributed by atoms with Crippen LogP contribution in [0.5, 0.6) is 5.75 Å². The van der Waals surface area contributed by atoms with Crippen molar-refractivity contribution in [2.75, 3.05) is 20.2 Å². The third-order valence-corrected chi connectivity index (χ3v) is 6.93. The summed E-state index contributed by atoms with van der Waals surface area (Å²) in [7, 11) is 1.51. The molecule has 1 saturated carbocycles. The molecule has 198 valence electrons. The van der Waals surface area contributed by atoms with Gasteiger partial charge in [-0.15, -0.1) is 0 Å². The Balaban J connectivity index is 1.89. The van der Waals surface area contributed by atoms with Gasteiger partial charge in [-0.1, -0.05) is 46.1 Å². The van der Waals surface area contributed by atoms with E-state index in [1.54, 1.807) is 24.3 Å². The zero-order valence-corrected chi connectivity index (χ0v) is 21.8. The second-order valence-electron chi connectivity index (χ2n) is 11.0. The van der Waals surface area contributed by atoms with Crippen LogP contribution in [0.25, 0.3) is 0 Å². The van der Waals surface area contributed by atoms with Crippen molar-refractivity contribution in [3.8, 4) is 5.75 Å². The maximum atomic E-state index is 13.7. The maximum Gasteiger partial charge on any atom is 0.305 e. The van der Waals surface area contributed by atoms with Gasteiger partial charge in [0.05, 0.1) is 13.5 Å². The first-order chi connectivity index (χ1) is 17.0. The second-order valence-corrected chi connectivity index (χ2v) is 11.0. The SMILES string of the molecule is COc1cccc(C(=O)N2CCN(C(=O)CC(C)(C)C)C2C(=O)NC(CC(=O)O)C2CCCCC2)c1. The molecule has 36 heavy (non-hydrogen) atoms. The van der Waals surface area contributed by atoms with Gasteiger partial charge in [0.15, 0.2) is 6.17 Å². The van der Waals surface area contributed by atoms with Gasteiger partial charge in [-0.2, -0.15) is 0 Å². The predicted molar refractivity (Wildman–Crippen MR) is 134 cm³/mol. The number of nitrogens with zero attached hydrogens (tertiary/aromatic N) is 2. The summed E-state index contributed by atoms with van der Waals surface area (Å²) >= 11 is 0. The number of ether oxygens (including phenoxy) is 1. The molecule has 1 saturated heterocycles. The molecule has 9 heteroatoms. The highest BCUT2D eigenvalue weighted by Crippen LogP contribution is 2.29. The number of carboxylic acid groups (broad SMARTS) is 1. The fourth-order valence-corrected chi connectivity index (χ4v) is 5.18. The Kier molecular flexibility index (Phi) is 8.98. The minimum absolute atomic E-state index is 0.0569. The highest BCUT2D eigenvalue weighted by atomic mass is 16.5. The number of hydrogen-bond acceptors (Lipinski definition) is 5. The minimum atomic E-state index is -1.14. The van der Waals surface area contributed by atoms with Gasteiger partial charge in [0.1, 0.15) is 5.75 Å². The normalized spacial score (nSPS) is 19.6. The Morgan fingerprint density at radius 1 is 1.08 bits per heavy atom. The number of methoxy groups -OCH3 is 1. The molecule has 0 radical (unpaired) electrons.